The van der Waals surface area contributed by atoms with Crippen molar-refractivity contribution in [1.29, 1.82) is 0 Å². The highest BCUT2D eigenvalue weighted by atomic mass is 16.4. The van der Waals surface area contributed by atoms with Gasteiger partial charge in [-0.3, -0.25) is 0 Å². The van der Waals surface area contributed by atoms with Crippen LogP contribution in [0.2, 0.25) is 0 Å². The van der Waals surface area contributed by atoms with Crippen molar-refractivity contribution in [1.82, 2.24) is 0 Å². The van der Waals surface area contributed by atoms with Crippen molar-refractivity contribution < 1.29 is 30.0 Å². The quantitative estimate of drug-likeness (QED) is 0.516. The van der Waals surface area contributed by atoms with Gasteiger partial charge in [-0.25, -0.2) is 9.59 Å². The SMILES string of the molecule is O=C(O)c1cccc(NCCc2ccc(O)c(O)c2)c1C(=O)O. The molecule has 0 fully saturated rings. The fraction of sp³-hybridized carbons (Fsp3) is 0.125. The Bertz CT molecular complexity index is 756. The first kappa shape index (κ1) is 16.2. The summed E-state index contributed by atoms with van der Waals surface area (Å²) >= 11 is 0. The first-order valence-corrected chi connectivity index (χ1v) is 6.74. The molecule has 0 saturated carbocycles. The Labute approximate surface area is 131 Å². The number of hydrogen-bond acceptors (Lipinski definition) is 5. The zero-order chi connectivity index (χ0) is 17.0. The molecule has 2 rings (SSSR count). The molecule has 0 heterocycles. The van der Waals surface area contributed by atoms with Crippen molar-refractivity contribution in [3.05, 3.63) is 53.1 Å². The fourth-order valence-electron chi connectivity index (χ4n) is 2.17. The van der Waals surface area contributed by atoms with Gasteiger partial charge in [-0.05, 0) is 36.2 Å². The van der Waals surface area contributed by atoms with Crippen LogP contribution in [0.3, 0.4) is 0 Å². The standard InChI is InChI=1S/C16H15NO6/c18-12-5-4-9(8-13(12)19)6-7-17-11-3-1-2-10(15(20)21)14(11)16(22)23/h1-5,8,17-19H,6-7H2,(H,20,21)(H,22,23). The lowest BCUT2D eigenvalue weighted by Gasteiger charge is -2.12. The molecule has 23 heavy (non-hydrogen) atoms. The van der Waals surface area contributed by atoms with Crippen molar-refractivity contribution in [2.24, 2.45) is 0 Å². The Balaban J connectivity index is 2.14. The highest BCUT2D eigenvalue weighted by Gasteiger charge is 2.19. The number of phenols is 2. The monoisotopic (exact) mass is 317 g/mol. The summed E-state index contributed by atoms with van der Waals surface area (Å²) in [5.74, 6) is -3.09. The van der Waals surface area contributed by atoms with E-state index in [9.17, 15) is 24.9 Å². The minimum absolute atomic E-state index is 0.209. The van der Waals surface area contributed by atoms with Crippen molar-refractivity contribution in [3.63, 3.8) is 0 Å². The number of hydrogen-bond donors (Lipinski definition) is 5. The van der Waals surface area contributed by atoms with Gasteiger partial charge in [0.15, 0.2) is 11.5 Å². The Morgan fingerprint density at radius 2 is 1.70 bits per heavy atom. The summed E-state index contributed by atoms with van der Waals surface area (Å²) in [4.78, 5) is 22.4. The Hall–Kier alpha value is -3.22. The van der Waals surface area contributed by atoms with Crippen LogP contribution in [0.4, 0.5) is 5.69 Å². The third kappa shape index (κ3) is 3.70. The van der Waals surface area contributed by atoms with Crippen LogP contribution in [0.25, 0.3) is 0 Å². The van der Waals surface area contributed by atoms with E-state index in [1.54, 1.807) is 6.07 Å². The molecule has 120 valence electrons. The van der Waals surface area contributed by atoms with E-state index < -0.39 is 11.9 Å². The third-order valence-electron chi connectivity index (χ3n) is 3.28. The Morgan fingerprint density at radius 3 is 2.30 bits per heavy atom. The molecule has 0 radical (unpaired) electrons. The lowest BCUT2D eigenvalue weighted by Crippen LogP contribution is -2.14. The highest BCUT2D eigenvalue weighted by Crippen LogP contribution is 2.25. The van der Waals surface area contributed by atoms with Gasteiger partial charge in [0.2, 0.25) is 0 Å². The van der Waals surface area contributed by atoms with Crippen molar-refractivity contribution in [2.45, 2.75) is 6.42 Å². The summed E-state index contributed by atoms with van der Waals surface area (Å²) < 4.78 is 0. The zero-order valence-electron chi connectivity index (χ0n) is 12.0. The minimum atomic E-state index is -1.33. The van der Waals surface area contributed by atoms with Gasteiger partial charge in [-0.2, -0.15) is 0 Å². The van der Waals surface area contributed by atoms with Crippen molar-refractivity contribution in [2.75, 3.05) is 11.9 Å². The predicted molar refractivity (Wildman–Crippen MR) is 82.3 cm³/mol. The molecule has 2 aromatic rings. The van der Waals surface area contributed by atoms with Crippen LogP contribution < -0.4 is 5.32 Å². The summed E-state index contributed by atoms with van der Waals surface area (Å²) in [6.45, 7) is 0.327. The number of carbonyl (C=O) groups is 2. The molecule has 0 unspecified atom stereocenters. The van der Waals surface area contributed by atoms with Gasteiger partial charge >= 0.3 is 11.9 Å². The van der Waals surface area contributed by atoms with E-state index in [-0.39, 0.29) is 28.3 Å². The number of carboxylic acid groups (broad SMARTS) is 2. The van der Waals surface area contributed by atoms with E-state index in [0.717, 1.165) is 5.56 Å². The van der Waals surface area contributed by atoms with Gasteiger partial charge in [-0.15, -0.1) is 0 Å². The lowest BCUT2D eigenvalue weighted by atomic mass is 10.0. The molecule has 0 aliphatic rings. The molecule has 0 aliphatic heterocycles. The predicted octanol–water partition coefficient (Wildman–Crippen LogP) is 2.15. The van der Waals surface area contributed by atoms with E-state index in [1.807, 2.05) is 0 Å². The van der Waals surface area contributed by atoms with Gasteiger partial charge < -0.3 is 25.7 Å². The molecular formula is C16H15NO6. The zero-order valence-corrected chi connectivity index (χ0v) is 12.0. The number of aromatic hydroxyl groups is 2. The molecule has 7 nitrogen and oxygen atoms in total. The Kier molecular flexibility index (Phi) is 4.70. The lowest BCUT2D eigenvalue weighted by molar-refractivity contribution is 0.0652. The van der Waals surface area contributed by atoms with E-state index in [1.165, 1.54) is 30.3 Å². The topological polar surface area (TPSA) is 127 Å². The van der Waals surface area contributed by atoms with Gasteiger partial charge in [0.25, 0.3) is 0 Å². The molecule has 0 spiro atoms. The highest BCUT2D eigenvalue weighted by molar-refractivity contribution is 6.05. The first-order chi connectivity index (χ1) is 10.9. The largest absolute Gasteiger partial charge is 0.504 e. The molecular weight excluding hydrogens is 302 g/mol. The molecule has 0 atom stereocenters. The summed E-state index contributed by atoms with van der Waals surface area (Å²) in [5, 5.41) is 39.8. The number of anilines is 1. The van der Waals surface area contributed by atoms with Gasteiger partial charge in [-0.1, -0.05) is 12.1 Å². The number of aromatic carboxylic acids is 2. The van der Waals surface area contributed by atoms with Crippen molar-refractivity contribution >= 4 is 17.6 Å². The van der Waals surface area contributed by atoms with E-state index >= 15 is 0 Å². The second-order valence-electron chi connectivity index (χ2n) is 4.84. The summed E-state index contributed by atoms with van der Waals surface area (Å²) in [6.07, 6.45) is 0.449. The summed E-state index contributed by atoms with van der Waals surface area (Å²) in [7, 11) is 0. The normalized spacial score (nSPS) is 10.3. The van der Waals surface area contributed by atoms with Crippen LogP contribution in [0.5, 0.6) is 11.5 Å². The second kappa shape index (κ2) is 6.69. The number of benzene rings is 2. The van der Waals surface area contributed by atoms with Gasteiger partial charge in [0.1, 0.15) is 0 Å². The summed E-state index contributed by atoms with van der Waals surface area (Å²) in [5.41, 5.74) is 0.359. The van der Waals surface area contributed by atoms with Crippen LogP contribution in [-0.2, 0) is 6.42 Å². The number of nitrogens with one attached hydrogen (secondary N) is 1. The van der Waals surface area contributed by atoms with Crippen molar-refractivity contribution in [3.8, 4) is 11.5 Å². The fourth-order valence-corrected chi connectivity index (χ4v) is 2.17. The van der Waals surface area contributed by atoms with Crippen LogP contribution in [0.15, 0.2) is 36.4 Å². The second-order valence-corrected chi connectivity index (χ2v) is 4.84. The first-order valence-electron chi connectivity index (χ1n) is 6.74. The maximum absolute atomic E-state index is 11.3. The Morgan fingerprint density at radius 1 is 0.957 bits per heavy atom. The van der Waals surface area contributed by atoms with Gasteiger partial charge in [0, 0.05) is 12.2 Å². The molecule has 0 amide bonds. The van der Waals surface area contributed by atoms with E-state index in [4.69, 9.17) is 5.11 Å². The molecule has 5 N–H and O–H groups in total. The smallest absolute Gasteiger partial charge is 0.338 e. The molecule has 0 aliphatic carbocycles. The number of rotatable bonds is 6. The minimum Gasteiger partial charge on any atom is -0.504 e. The average Bonchev–Trinajstić information content (AvgIpc) is 2.50. The van der Waals surface area contributed by atoms with Gasteiger partial charge in [0.05, 0.1) is 11.1 Å². The van der Waals surface area contributed by atoms with Crippen LogP contribution >= 0.6 is 0 Å². The molecule has 0 aromatic heterocycles. The summed E-state index contributed by atoms with van der Waals surface area (Å²) in [6, 6.07) is 8.58. The molecule has 2 aromatic carbocycles. The van der Waals surface area contributed by atoms with Crippen LogP contribution in [0.1, 0.15) is 26.3 Å². The van der Waals surface area contributed by atoms with Crippen LogP contribution in [0, 0.1) is 0 Å². The van der Waals surface area contributed by atoms with E-state index in [2.05, 4.69) is 5.32 Å². The molecule has 7 heteroatoms. The van der Waals surface area contributed by atoms with Crippen LogP contribution in [-0.4, -0.2) is 38.9 Å². The third-order valence-corrected chi connectivity index (χ3v) is 3.28. The maximum atomic E-state index is 11.3. The number of carboxylic acids is 2. The molecule has 0 bridgehead atoms. The van der Waals surface area contributed by atoms with E-state index in [0.29, 0.717) is 13.0 Å². The maximum Gasteiger partial charge on any atom is 0.338 e. The molecule has 0 saturated heterocycles. The number of phenolic OH excluding ortho intramolecular Hbond substituents is 2. The average molecular weight is 317 g/mol.